The molecule has 0 radical (unpaired) electrons. The average molecular weight is 208 g/mol. The van der Waals surface area contributed by atoms with Crippen molar-refractivity contribution >= 4 is 5.82 Å². The van der Waals surface area contributed by atoms with Gasteiger partial charge in [0.1, 0.15) is 6.33 Å². The number of aromatic nitrogens is 2. The molecule has 0 bridgehead atoms. The monoisotopic (exact) mass is 208 g/mol. The van der Waals surface area contributed by atoms with E-state index in [9.17, 15) is 0 Å². The summed E-state index contributed by atoms with van der Waals surface area (Å²) in [5.74, 6) is 1.48. The molecule has 1 aliphatic rings. The molecule has 1 fully saturated rings. The van der Waals surface area contributed by atoms with Crippen molar-refractivity contribution in [2.24, 2.45) is 0 Å². The normalized spacial score (nSPS) is 21.0. The topological polar surface area (TPSA) is 59.1 Å². The second-order valence-corrected chi connectivity index (χ2v) is 3.63. The van der Waals surface area contributed by atoms with Gasteiger partial charge in [0.25, 0.3) is 0 Å². The number of rotatable bonds is 3. The number of ether oxygens (including phenoxy) is 1. The molecule has 1 aromatic rings. The first-order chi connectivity index (χ1) is 7.40. The molecule has 2 rings (SSSR count). The number of hydrogen-bond donors (Lipinski definition) is 2. The van der Waals surface area contributed by atoms with Crippen LogP contribution in [0.15, 0.2) is 12.5 Å². The Hall–Kier alpha value is -1.36. The Kier molecular flexibility index (Phi) is 3.34. The fraction of sp³-hybridized carbons (Fsp3) is 0.600. The fourth-order valence-corrected chi connectivity index (χ4v) is 1.74. The molecule has 2 N–H and O–H groups in total. The summed E-state index contributed by atoms with van der Waals surface area (Å²) in [4.78, 5) is 8.09. The second kappa shape index (κ2) is 4.93. The van der Waals surface area contributed by atoms with Gasteiger partial charge in [0, 0.05) is 12.6 Å². The number of nitrogens with one attached hydrogen (secondary N) is 2. The van der Waals surface area contributed by atoms with Crippen molar-refractivity contribution in [3.63, 3.8) is 0 Å². The molecule has 0 saturated carbocycles. The van der Waals surface area contributed by atoms with Crippen LogP contribution in [0.2, 0.25) is 0 Å². The van der Waals surface area contributed by atoms with Gasteiger partial charge in [0.2, 0.25) is 0 Å². The van der Waals surface area contributed by atoms with Gasteiger partial charge in [-0.3, -0.25) is 0 Å². The Morgan fingerprint density at radius 1 is 1.60 bits per heavy atom. The first kappa shape index (κ1) is 10.2. The number of nitrogens with zero attached hydrogens (tertiary/aromatic N) is 2. The zero-order chi connectivity index (χ0) is 10.5. The highest BCUT2D eigenvalue weighted by atomic mass is 16.5. The summed E-state index contributed by atoms with van der Waals surface area (Å²) < 4.78 is 5.18. The van der Waals surface area contributed by atoms with Crippen molar-refractivity contribution in [3.05, 3.63) is 12.5 Å². The SMILES string of the molecule is COc1cncnc1NC1CCCNC1. The molecule has 5 nitrogen and oxygen atoms in total. The predicted octanol–water partition coefficient (Wildman–Crippen LogP) is 0.649. The van der Waals surface area contributed by atoms with Crippen LogP contribution in [-0.2, 0) is 0 Å². The fourth-order valence-electron chi connectivity index (χ4n) is 1.74. The van der Waals surface area contributed by atoms with Crippen LogP contribution in [0.3, 0.4) is 0 Å². The third-order valence-corrected chi connectivity index (χ3v) is 2.54. The molecule has 0 amide bonds. The molecule has 82 valence electrons. The summed E-state index contributed by atoms with van der Waals surface area (Å²) in [5.41, 5.74) is 0. The number of anilines is 1. The molecule has 1 aromatic heterocycles. The van der Waals surface area contributed by atoms with Crippen molar-refractivity contribution in [1.82, 2.24) is 15.3 Å². The Morgan fingerprint density at radius 2 is 2.53 bits per heavy atom. The molecular formula is C10H16N4O. The lowest BCUT2D eigenvalue weighted by atomic mass is 10.1. The summed E-state index contributed by atoms with van der Waals surface area (Å²) in [6.45, 7) is 2.09. The van der Waals surface area contributed by atoms with Gasteiger partial charge in [-0.2, -0.15) is 0 Å². The van der Waals surface area contributed by atoms with E-state index in [4.69, 9.17) is 4.74 Å². The van der Waals surface area contributed by atoms with Crippen LogP contribution in [0, 0.1) is 0 Å². The van der Waals surface area contributed by atoms with Gasteiger partial charge in [-0.25, -0.2) is 9.97 Å². The molecule has 2 heterocycles. The van der Waals surface area contributed by atoms with E-state index in [1.807, 2.05) is 0 Å². The zero-order valence-corrected chi connectivity index (χ0v) is 8.86. The third-order valence-electron chi connectivity index (χ3n) is 2.54. The van der Waals surface area contributed by atoms with Crippen LogP contribution in [0.1, 0.15) is 12.8 Å². The molecule has 1 atom stereocenters. The molecular weight excluding hydrogens is 192 g/mol. The second-order valence-electron chi connectivity index (χ2n) is 3.63. The predicted molar refractivity (Wildman–Crippen MR) is 58.1 cm³/mol. The summed E-state index contributed by atoms with van der Waals surface area (Å²) in [6.07, 6.45) is 5.57. The summed E-state index contributed by atoms with van der Waals surface area (Å²) in [6, 6.07) is 0.433. The average Bonchev–Trinajstić information content (AvgIpc) is 2.31. The van der Waals surface area contributed by atoms with E-state index < -0.39 is 0 Å². The Labute approximate surface area is 89.3 Å². The van der Waals surface area contributed by atoms with E-state index in [0.29, 0.717) is 11.8 Å². The summed E-state index contributed by atoms with van der Waals surface area (Å²) >= 11 is 0. The minimum Gasteiger partial charge on any atom is -0.491 e. The standard InChI is InChI=1S/C10H16N4O/c1-15-9-6-12-7-13-10(9)14-8-3-2-4-11-5-8/h6-8,11H,2-5H2,1H3,(H,12,13,14). The Balaban J connectivity index is 2.02. The number of hydrogen-bond acceptors (Lipinski definition) is 5. The van der Waals surface area contributed by atoms with Crippen LogP contribution >= 0.6 is 0 Å². The summed E-state index contributed by atoms with van der Waals surface area (Å²) in [7, 11) is 1.63. The van der Waals surface area contributed by atoms with Gasteiger partial charge < -0.3 is 15.4 Å². The lowest BCUT2D eigenvalue weighted by molar-refractivity contribution is 0.410. The van der Waals surface area contributed by atoms with Gasteiger partial charge in [0.15, 0.2) is 11.6 Å². The molecule has 15 heavy (non-hydrogen) atoms. The molecule has 0 aliphatic carbocycles. The smallest absolute Gasteiger partial charge is 0.179 e. The van der Waals surface area contributed by atoms with Crippen molar-refractivity contribution in [2.45, 2.75) is 18.9 Å². The lowest BCUT2D eigenvalue weighted by Crippen LogP contribution is -2.38. The van der Waals surface area contributed by atoms with Crippen LogP contribution in [0.4, 0.5) is 5.82 Å². The molecule has 1 aliphatic heterocycles. The molecule has 5 heteroatoms. The molecule has 1 saturated heterocycles. The highest BCUT2D eigenvalue weighted by Crippen LogP contribution is 2.20. The van der Waals surface area contributed by atoms with E-state index >= 15 is 0 Å². The van der Waals surface area contributed by atoms with Crippen LogP contribution < -0.4 is 15.4 Å². The van der Waals surface area contributed by atoms with Crippen molar-refractivity contribution in [1.29, 1.82) is 0 Å². The Morgan fingerprint density at radius 3 is 3.27 bits per heavy atom. The van der Waals surface area contributed by atoms with Gasteiger partial charge in [-0.05, 0) is 19.4 Å². The third kappa shape index (κ3) is 2.56. The molecule has 1 unspecified atom stereocenters. The van der Waals surface area contributed by atoms with Gasteiger partial charge in [-0.1, -0.05) is 0 Å². The van der Waals surface area contributed by atoms with E-state index in [2.05, 4.69) is 20.6 Å². The van der Waals surface area contributed by atoms with E-state index in [1.165, 1.54) is 19.2 Å². The Bertz CT molecular complexity index is 312. The number of piperidine rings is 1. The quantitative estimate of drug-likeness (QED) is 0.763. The first-order valence-corrected chi connectivity index (χ1v) is 5.21. The van der Waals surface area contributed by atoms with Crippen LogP contribution in [-0.4, -0.2) is 36.2 Å². The van der Waals surface area contributed by atoms with Crippen molar-refractivity contribution in [2.75, 3.05) is 25.5 Å². The van der Waals surface area contributed by atoms with Gasteiger partial charge >= 0.3 is 0 Å². The van der Waals surface area contributed by atoms with E-state index in [1.54, 1.807) is 13.3 Å². The highest BCUT2D eigenvalue weighted by Gasteiger charge is 2.14. The van der Waals surface area contributed by atoms with Gasteiger partial charge in [0.05, 0.1) is 13.3 Å². The lowest BCUT2D eigenvalue weighted by Gasteiger charge is -2.24. The molecule has 0 spiro atoms. The summed E-state index contributed by atoms with van der Waals surface area (Å²) in [5, 5.41) is 6.71. The van der Waals surface area contributed by atoms with Crippen molar-refractivity contribution < 1.29 is 4.74 Å². The van der Waals surface area contributed by atoms with Crippen LogP contribution in [0.5, 0.6) is 5.75 Å². The first-order valence-electron chi connectivity index (χ1n) is 5.21. The zero-order valence-electron chi connectivity index (χ0n) is 8.86. The maximum atomic E-state index is 5.18. The maximum absolute atomic E-state index is 5.18. The van der Waals surface area contributed by atoms with E-state index in [0.717, 1.165) is 18.9 Å². The maximum Gasteiger partial charge on any atom is 0.179 e. The number of methoxy groups -OCH3 is 1. The van der Waals surface area contributed by atoms with Gasteiger partial charge in [-0.15, -0.1) is 0 Å². The minimum atomic E-state index is 0.433. The minimum absolute atomic E-state index is 0.433. The van der Waals surface area contributed by atoms with E-state index in [-0.39, 0.29) is 0 Å². The van der Waals surface area contributed by atoms with Crippen molar-refractivity contribution in [3.8, 4) is 5.75 Å². The molecule has 0 aromatic carbocycles. The van der Waals surface area contributed by atoms with Crippen LogP contribution in [0.25, 0.3) is 0 Å². The largest absolute Gasteiger partial charge is 0.491 e. The highest BCUT2D eigenvalue weighted by molar-refractivity contribution is 5.48.